The number of hydrogen-bond acceptors (Lipinski definition) is 2. The number of halogens is 2. The molecular weight excluding hydrogens is 273 g/mol. The van der Waals surface area contributed by atoms with E-state index < -0.39 is 0 Å². The summed E-state index contributed by atoms with van der Waals surface area (Å²) in [4.78, 5) is 11.5. The number of carbonyl (C=O) groups is 1. The van der Waals surface area contributed by atoms with Gasteiger partial charge < -0.3 is 10.4 Å². The highest BCUT2D eigenvalue weighted by molar-refractivity contribution is 6.42. The number of aliphatic hydroxyl groups excluding tert-OH is 1. The van der Waals surface area contributed by atoms with Gasteiger partial charge in [-0.1, -0.05) is 36.2 Å². The van der Waals surface area contributed by atoms with Crippen molar-refractivity contribution < 1.29 is 9.90 Å². The van der Waals surface area contributed by atoms with Gasteiger partial charge in [-0.05, 0) is 30.2 Å². The zero-order valence-corrected chi connectivity index (χ0v) is 11.5. The molecule has 0 saturated heterocycles. The number of aliphatic hydroxyl groups is 1. The molecule has 0 spiro atoms. The molecular formula is C13H15Cl2NO2. The molecule has 0 aliphatic heterocycles. The average molecular weight is 288 g/mol. The summed E-state index contributed by atoms with van der Waals surface area (Å²) in [7, 11) is 0. The van der Waals surface area contributed by atoms with Crippen molar-refractivity contribution in [2.45, 2.75) is 19.4 Å². The molecule has 1 rings (SSSR count). The molecule has 0 radical (unpaired) electrons. The smallest absolute Gasteiger partial charge is 0.244 e. The van der Waals surface area contributed by atoms with Crippen LogP contribution in [0.15, 0.2) is 24.3 Å². The monoisotopic (exact) mass is 287 g/mol. The van der Waals surface area contributed by atoms with Gasteiger partial charge in [-0.25, -0.2) is 0 Å². The van der Waals surface area contributed by atoms with Crippen LogP contribution < -0.4 is 5.32 Å². The van der Waals surface area contributed by atoms with Gasteiger partial charge in [-0.15, -0.1) is 0 Å². The van der Waals surface area contributed by atoms with E-state index >= 15 is 0 Å². The van der Waals surface area contributed by atoms with Gasteiger partial charge in [-0.2, -0.15) is 0 Å². The molecule has 18 heavy (non-hydrogen) atoms. The Morgan fingerprint density at radius 1 is 1.44 bits per heavy atom. The van der Waals surface area contributed by atoms with Crippen molar-refractivity contribution >= 4 is 35.2 Å². The van der Waals surface area contributed by atoms with Crippen LogP contribution in [0, 0.1) is 0 Å². The summed E-state index contributed by atoms with van der Waals surface area (Å²) in [5.74, 6) is -0.248. The molecule has 1 aromatic carbocycles. The summed E-state index contributed by atoms with van der Waals surface area (Å²) < 4.78 is 0. The molecule has 3 nitrogen and oxygen atoms in total. The van der Waals surface area contributed by atoms with Crippen LogP contribution in [0.5, 0.6) is 0 Å². The van der Waals surface area contributed by atoms with Crippen LogP contribution >= 0.6 is 23.2 Å². The van der Waals surface area contributed by atoms with Crippen molar-refractivity contribution in [2.24, 2.45) is 0 Å². The first-order chi connectivity index (χ1) is 8.56. The molecule has 5 heteroatoms. The highest BCUT2D eigenvalue weighted by Gasteiger charge is 2.06. The molecule has 0 aliphatic rings. The summed E-state index contributed by atoms with van der Waals surface area (Å²) in [5.41, 5.74) is 0.789. The second-order valence-electron chi connectivity index (χ2n) is 3.80. The topological polar surface area (TPSA) is 49.3 Å². The number of amides is 1. The predicted octanol–water partition coefficient (Wildman–Crippen LogP) is 2.89. The van der Waals surface area contributed by atoms with E-state index in [-0.39, 0.29) is 18.6 Å². The van der Waals surface area contributed by atoms with Crippen LogP contribution in [0.2, 0.25) is 10.0 Å². The maximum Gasteiger partial charge on any atom is 0.244 e. The molecule has 0 fully saturated rings. The van der Waals surface area contributed by atoms with Gasteiger partial charge in [0.2, 0.25) is 5.91 Å². The quantitative estimate of drug-likeness (QED) is 0.818. The Labute approximate surface area is 116 Å². The van der Waals surface area contributed by atoms with Crippen molar-refractivity contribution in [3.8, 4) is 0 Å². The van der Waals surface area contributed by atoms with Crippen LogP contribution in [-0.2, 0) is 4.79 Å². The lowest BCUT2D eigenvalue weighted by molar-refractivity contribution is -0.117. The second-order valence-corrected chi connectivity index (χ2v) is 4.62. The summed E-state index contributed by atoms with van der Waals surface area (Å²) in [6, 6.07) is 4.90. The standard InChI is InChI=1S/C13H15Cl2NO2/c1-2-10(8-17)16-13(18)6-4-9-3-5-11(14)12(15)7-9/h3-7,10,17H,2,8H2,1H3,(H,16,18)/b6-4+. The molecule has 1 unspecified atom stereocenters. The molecule has 0 aliphatic carbocycles. The summed E-state index contributed by atoms with van der Waals surface area (Å²) >= 11 is 11.6. The molecule has 0 bridgehead atoms. The highest BCUT2D eigenvalue weighted by Crippen LogP contribution is 2.22. The lowest BCUT2D eigenvalue weighted by Gasteiger charge is -2.11. The number of nitrogens with one attached hydrogen (secondary N) is 1. The van der Waals surface area contributed by atoms with Crippen LogP contribution in [-0.4, -0.2) is 23.7 Å². The Kier molecular flexibility index (Phi) is 6.19. The first-order valence-electron chi connectivity index (χ1n) is 5.61. The van der Waals surface area contributed by atoms with Crippen molar-refractivity contribution in [3.63, 3.8) is 0 Å². The van der Waals surface area contributed by atoms with Crippen LogP contribution in [0.3, 0.4) is 0 Å². The van der Waals surface area contributed by atoms with Gasteiger partial charge in [-0.3, -0.25) is 4.79 Å². The number of rotatable bonds is 5. The number of hydrogen-bond donors (Lipinski definition) is 2. The van der Waals surface area contributed by atoms with Crippen LogP contribution in [0.25, 0.3) is 6.08 Å². The molecule has 0 heterocycles. The van der Waals surface area contributed by atoms with Gasteiger partial charge in [0, 0.05) is 6.08 Å². The first kappa shape index (κ1) is 15.0. The van der Waals surface area contributed by atoms with Gasteiger partial charge >= 0.3 is 0 Å². The largest absolute Gasteiger partial charge is 0.394 e. The number of carbonyl (C=O) groups excluding carboxylic acids is 1. The van der Waals surface area contributed by atoms with E-state index in [4.69, 9.17) is 28.3 Å². The Morgan fingerprint density at radius 3 is 2.72 bits per heavy atom. The second kappa shape index (κ2) is 7.41. The maximum absolute atomic E-state index is 11.5. The van der Waals surface area contributed by atoms with Gasteiger partial charge in [0.25, 0.3) is 0 Å². The predicted molar refractivity (Wildman–Crippen MR) is 74.8 cm³/mol. The molecule has 2 N–H and O–H groups in total. The molecule has 1 atom stereocenters. The van der Waals surface area contributed by atoms with Crippen LogP contribution in [0.4, 0.5) is 0 Å². The molecule has 0 aromatic heterocycles. The Morgan fingerprint density at radius 2 is 2.17 bits per heavy atom. The zero-order chi connectivity index (χ0) is 13.5. The van der Waals surface area contributed by atoms with Crippen molar-refractivity contribution in [3.05, 3.63) is 39.9 Å². The minimum absolute atomic E-state index is 0.0666. The average Bonchev–Trinajstić information content (AvgIpc) is 2.37. The van der Waals surface area contributed by atoms with E-state index in [1.807, 2.05) is 6.92 Å². The summed E-state index contributed by atoms with van der Waals surface area (Å²) in [6.45, 7) is 1.83. The molecule has 98 valence electrons. The lowest BCUT2D eigenvalue weighted by Crippen LogP contribution is -2.35. The maximum atomic E-state index is 11.5. The zero-order valence-electron chi connectivity index (χ0n) is 9.99. The van der Waals surface area contributed by atoms with Crippen LogP contribution in [0.1, 0.15) is 18.9 Å². The normalized spacial score (nSPS) is 12.7. The van der Waals surface area contributed by atoms with E-state index in [9.17, 15) is 4.79 Å². The Bertz CT molecular complexity index is 443. The SMILES string of the molecule is CCC(CO)NC(=O)/C=C/c1ccc(Cl)c(Cl)c1. The lowest BCUT2D eigenvalue weighted by atomic mass is 10.2. The molecule has 0 saturated carbocycles. The Balaban J connectivity index is 2.63. The Hall–Kier alpha value is -1.03. The van der Waals surface area contributed by atoms with E-state index in [1.165, 1.54) is 6.08 Å². The van der Waals surface area contributed by atoms with E-state index in [0.717, 1.165) is 5.56 Å². The summed E-state index contributed by atoms with van der Waals surface area (Å²) in [6.07, 6.45) is 3.72. The van der Waals surface area contributed by atoms with E-state index in [1.54, 1.807) is 24.3 Å². The third-order valence-electron chi connectivity index (χ3n) is 2.43. The molecule has 1 amide bonds. The van der Waals surface area contributed by atoms with Crippen molar-refractivity contribution in [2.75, 3.05) is 6.61 Å². The fraction of sp³-hybridized carbons (Fsp3) is 0.308. The number of benzene rings is 1. The van der Waals surface area contributed by atoms with Gasteiger partial charge in [0.1, 0.15) is 0 Å². The minimum atomic E-state index is -0.248. The first-order valence-corrected chi connectivity index (χ1v) is 6.37. The van der Waals surface area contributed by atoms with E-state index in [2.05, 4.69) is 5.32 Å². The van der Waals surface area contributed by atoms with Crippen molar-refractivity contribution in [1.29, 1.82) is 0 Å². The fourth-order valence-corrected chi connectivity index (χ4v) is 1.62. The molecule has 1 aromatic rings. The van der Waals surface area contributed by atoms with Gasteiger partial charge in [0.15, 0.2) is 0 Å². The fourth-order valence-electron chi connectivity index (χ4n) is 1.31. The third-order valence-corrected chi connectivity index (χ3v) is 3.17. The van der Waals surface area contributed by atoms with E-state index in [0.29, 0.717) is 16.5 Å². The summed E-state index contributed by atoms with van der Waals surface area (Å²) in [5, 5.41) is 12.6. The third kappa shape index (κ3) is 4.69. The van der Waals surface area contributed by atoms with Gasteiger partial charge in [0.05, 0.1) is 22.7 Å². The van der Waals surface area contributed by atoms with Crippen molar-refractivity contribution in [1.82, 2.24) is 5.32 Å². The highest BCUT2D eigenvalue weighted by atomic mass is 35.5. The minimum Gasteiger partial charge on any atom is -0.394 e.